The summed E-state index contributed by atoms with van der Waals surface area (Å²) >= 11 is 7.52. The molecular formula is C23H24ClF2N5O3S. The number of nitrogens with one attached hydrogen (secondary N) is 3. The summed E-state index contributed by atoms with van der Waals surface area (Å²) < 4.78 is 29.2. The van der Waals surface area contributed by atoms with Crippen LogP contribution in [0.5, 0.6) is 0 Å². The number of hydrogen-bond acceptors (Lipinski definition) is 5. The van der Waals surface area contributed by atoms with E-state index in [1.54, 1.807) is 11.4 Å². The zero-order valence-corrected chi connectivity index (χ0v) is 20.2. The second-order valence-electron chi connectivity index (χ2n) is 9.65. The first-order chi connectivity index (χ1) is 16.7. The third-order valence-corrected chi connectivity index (χ3v) is 8.69. The molecule has 8 nitrogen and oxygen atoms in total. The lowest BCUT2D eigenvalue weighted by Gasteiger charge is -2.29. The number of carbonyl (C=O) groups is 3. The van der Waals surface area contributed by atoms with Gasteiger partial charge in [-0.2, -0.15) is 5.26 Å². The number of hydrogen-bond donors (Lipinski definition) is 3. The number of H-pyrrole nitrogens is 1. The van der Waals surface area contributed by atoms with E-state index in [-0.39, 0.29) is 31.0 Å². The smallest absolute Gasteiger partial charge is 0.271 e. The molecule has 3 aliphatic rings. The molecule has 4 heterocycles. The molecule has 0 bridgehead atoms. The van der Waals surface area contributed by atoms with E-state index < -0.39 is 54.0 Å². The third kappa shape index (κ3) is 4.49. The Kier molecular flexibility index (Phi) is 6.21. The minimum atomic E-state index is -2.90. The normalized spacial score (nSPS) is 28.4. The number of aromatic amines is 1. The van der Waals surface area contributed by atoms with Gasteiger partial charge in [0, 0.05) is 37.2 Å². The van der Waals surface area contributed by atoms with Crippen molar-refractivity contribution >= 4 is 50.9 Å². The van der Waals surface area contributed by atoms with Crippen molar-refractivity contribution in [2.45, 2.75) is 50.1 Å². The molecule has 0 radical (unpaired) electrons. The van der Waals surface area contributed by atoms with Crippen LogP contribution in [0.15, 0.2) is 11.4 Å². The van der Waals surface area contributed by atoms with Gasteiger partial charge in [0.05, 0.1) is 21.3 Å². The first-order valence-electron chi connectivity index (χ1n) is 11.6. The quantitative estimate of drug-likeness (QED) is 0.557. The average molecular weight is 524 g/mol. The first kappa shape index (κ1) is 24.0. The zero-order chi connectivity index (χ0) is 24.9. The molecule has 1 aliphatic carbocycles. The van der Waals surface area contributed by atoms with E-state index in [0.717, 1.165) is 11.1 Å². The van der Waals surface area contributed by atoms with Gasteiger partial charge < -0.3 is 20.5 Å². The monoisotopic (exact) mass is 523 g/mol. The van der Waals surface area contributed by atoms with Crippen LogP contribution in [0, 0.1) is 29.1 Å². The van der Waals surface area contributed by atoms with Crippen molar-refractivity contribution in [3.05, 3.63) is 22.2 Å². The number of likely N-dealkylation sites (tertiary alicyclic amines) is 1. The van der Waals surface area contributed by atoms with E-state index in [0.29, 0.717) is 23.5 Å². The lowest BCUT2D eigenvalue weighted by molar-refractivity contribution is -0.129. The van der Waals surface area contributed by atoms with Crippen molar-refractivity contribution in [2.75, 3.05) is 13.1 Å². The van der Waals surface area contributed by atoms with Gasteiger partial charge >= 0.3 is 0 Å². The fourth-order valence-corrected chi connectivity index (χ4v) is 6.89. The van der Waals surface area contributed by atoms with Crippen molar-refractivity contribution in [3.63, 3.8) is 0 Å². The number of alkyl halides is 2. The van der Waals surface area contributed by atoms with Gasteiger partial charge in [-0.25, -0.2) is 8.78 Å². The van der Waals surface area contributed by atoms with Gasteiger partial charge in [0.15, 0.2) is 0 Å². The molecule has 2 aromatic rings. The summed E-state index contributed by atoms with van der Waals surface area (Å²) in [5.41, 5.74) is 0.844. The van der Waals surface area contributed by atoms with E-state index in [4.69, 9.17) is 11.6 Å². The van der Waals surface area contributed by atoms with Gasteiger partial charge in [-0.3, -0.25) is 14.4 Å². The molecule has 2 aromatic heterocycles. The number of halogens is 3. The summed E-state index contributed by atoms with van der Waals surface area (Å²) in [6.45, 7) is 0.608. The van der Waals surface area contributed by atoms with Gasteiger partial charge in [-0.05, 0) is 37.2 Å². The van der Waals surface area contributed by atoms with Crippen molar-refractivity contribution < 1.29 is 23.2 Å². The number of nitrogens with zero attached hydrogens (tertiary/aromatic N) is 2. The lowest BCUT2D eigenvalue weighted by Crippen LogP contribution is -2.52. The molecule has 35 heavy (non-hydrogen) atoms. The number of amides is 3. The van der Waals surface area contributed by atoms with Crippen molar-refractivity contribution in [3.8, 4) is 6.07 Å². The van der Waals surface area contributed by atoms with Crippen LogP contribution in [-0.2, 0) is 9.59 Å². The lowest BCUT2D eigenvalue weighted by atomic mass is 9.90. The van der Waals surface area contributed by atoms with Gasteiger partial charge in [0.1, 0.15) is 17.8 Å². The van der Waals surface area contributed by atoms with Crippen molar-refractivity contribution in [2.24, 2.45) is 17.8 Å². The summed E-state index contributed by atoms with van der Waals surface area (Å²) in [6.07, 6.45) is 0.639. The van der Waals surface area contributed by atoms with Crippen LogP contribution in [0.25, 0.3) is 10.2 Å². The average Bonchev–Trinajstić information content (AvgIpc) is 3.54. The number of aromatic nitrogens is 1. The largest absolute Gasteiger partial charge is 0.356 e. The van der Waals surface area contributed by atoms with Crippen LogP contribution < -0.4 is 10.6 Å². The molecule has 3 amide bonds. The van der Waals surface area contributed by atoms with Crippen LogP contribution >= 0.6 is 22.9 Å². The molecule has 3 fully saturated rings. The first-order valence-corrected chi connectivity index (χ1v) is 12.8. The molecule has 3 N–H and O–H groups in total. The molecule has 0 aromatic carbocycles. The summed E-state index contributed by atoms with van der Waals surface area (Å²) in [7, 11) is 0. The van der Waals surface area contributed by atoms with Gasteiger partial charge in [0.2, 0.25) is 17.7 Å². The molecule has 2 aliphatic heterocycles. The Balaban J connectivity index is 1.37. The fraction of sp³-hybridized carbons (Fsp3) is 0.565. The van der Waals surface area contributed by atoms with Crippen LogP contribution in [0.3, 0.4) is 0 Å². The second-order valence-corrected chi connectivity index (χ2v) is 11.0. The zero-order valence-electron chi connectivity index (χ0n) is 18.7. The van der Waals surface area contributed by atoms with E-state index in [2.05, 4.69) is 15.6 Å². The highest BCUT2D eigenvalue weighted by Crippen LogP contribution is 2.50. The predicted octanol–water partition coefficient (Wildman–Crippen LogP) is 3.29. The van der Waals surface area contributed by atoms with E-state index in [9.17, 15) is 28.4 Å². The van der Waals surface area contributed by atoms with Crippen LogP contribution in [0.4, 0.5) is 8.78 Å². The Hall–Kier alpha value is -2.71. The Morgan fingerprint density at radius 2 is 2.20 bits per heavy atom. The number of nitriles is 1. The van der Waals surface area contributed by atoms with Crippen molar-refractivity contribution in [1.82, 2.24) is 20.5 Å². The Labute approximate surface area is 209 Å². The second kappa shape index (κ2) is 9.06. The van der Waals surface area contributed by atoms with Crippen LogP contribution in [0.2, 0.25) is 5.02 Å². The summed E-state index contributed by atoms with van der Waals surface area (Å²) in [5, 5.41) is 17.2. The molecule has 12 heteroatoms. The molecule has 1 saturated carbocycles. The molecule has 186 valence electrons. The highest BCUT2D eigenvalue weighted by atomic mass is 35.5. The van der Waals surface area contributed by atoms with Crippen LogP contribution in [-0.4, -0.2) is 58.7 Å². The maximum absolute atomic E-state index is 14.2. The van der Waals surface area contributed by atoms with Gasteiger partial charge in [0.25, 0.3) is 5.91 Å². The Morgan fingerprint density at radius 3 is 2.91 bits per heavy atom. The third-order valence-electron chi connectivity index (χ3n) is 7.33. The highest BCUT2D eigenvalue weighted by molar-refractivity contribution is 7.17. The fourth-order valence-electron chi connectivity index (χ4n) is 5.74. The van der Waals surface area contributed by atoms with Crippen molar-refractivity contribution in [1.29, 1.82) is 5.26 Å². The van der Waals surface area contributed by atoms with Crippen LogP contribution in [0.1, 0.15) is 42.6 Å². The molecular weight excluding hydrogens is 500 g/mol. The number of thiophene rings is 1. The number of rotatable bonds is 5. The number of carbonyl (C=O) groups excluding carboxylic acids is 3. The summed E-state index contributed by atoms with van der Waals surface area (Å²) in [5.74, 6) is -5.82. The molecule has 2 saturated heterocycles. The standard InChI is InChI=1S/C23H24ClF2N5O3S/c24-15-10-35-17-5-16(30-18(15)17)22(34)31-9-12-6-23(25,26)7-14(12)19(31)21(33)29-13(8-27)4-11-2-1-3-28-20(11)32/h5,10-14,19,30H,1-4,6-7,9H2,(H,28,32)(H,29,33)/t11-,12-,13-,14-,19+/m1/s1. The minimum absolute atomic E-state index is 0.0276. The van der Waals surface area contributed by atoms with E-state index in [1.807, 2.05) is 6.07 Å². The maximum Gasteiger partial charge on any atom is 0.271 e. The topological polar surface area (TPSA) is 118 Å². The summed E-state index contributed by atoms with van der Waals surface area (Å²) in [4.78, 5) is 43.2. The number of fused-ring (bicyclic) bond motifs is 2. The molecule has 5 rings (SSSR count). The van der Waals surface area contributed by atoms with E-state index in [1.165, 1.54) is 16.2 Å². The molecule has 5 atom stereocenters. The maximum atomic E-state index is 14.2. The van der Waals surface area contributed by atoms with Gasteiger partial charge in [-0.15, -0.1) is 11.3 Å². The highest BCUT2D eigenvalue weighted by Gasteiger charge is 2.58. The Bertz CT molecular complexity index is 1220. The molecule has 0 spiro atoms. The van der Waals surface area contributed by atoms with E-state index >= 15 is 0 Å². The SMILES string of the molecule is N#C[C@@H](C[C@H]1CCCNC1=O)NC(=O)[C@@H]1[C@@H]2CC(F)(F)C[C@@H]2CN1C(=O)c1cc2scc(Cl)c2[nH]1. The number of piperidine rings is 1. The minimum Gasteiger partial charge on any atom is -0.356 e. The Morgan fingerprint density at radius 1 is 1.40 bits per heavy atom. The molecule has 0 unspecified atom stereocenters. The van der Waals surface area contributed by atoms with Gasteiger partial charge in [-0.1, -0.05) is 11.6 Å². The summed E-state index contributed by atoms with van der Waals surface area (Å²) in [6, 6.07) is 1.56. The predicted molar refractivity (Wildman–Crippen MR) is 125 cm³/mol.